The third-order valence-corrected chi connectivity index (χ3v) is 3.75. The molecule has 0 fully saturated rings. The maximum Gasteiger partial charge on any atom is 0.332 e. The van der Waals surface area contributed by atoms with Gasteiger partial charge in [0.25, 0.3) is 5.56 Å². The molecular weight excluding hydrogens is 294 g/mol. The van der Waals surface area contributed by atoms with Crippen molar-refractivity contribution >= 4 is 16.8 Å². The Morgan fingerprint density at radius 3 is 2.57 bits per heavy atom. The van der Waals surface area contributed by atoms with Crippen LogP contribution < -0.4 is 16.6 Å². The van der Waals surface area contributed by atoms with E-state index in [0.29, 0.717) is 17.4 Å². The van der Waals surface area contributed by atoms with Gasteiger partial charge in [-0.25, -0.2) is 4.79 Å². The molecule has 1 aromatic carbocycles. The number of carbonyl (C=O) groups excluding carboxylic acids is 1. The van der Waals surface area contributed by atoms with Gasteiger partial charge in [0.15, 0.2) is 0 Å². The highest BCUT2D eigenvalue weighted by Crippen LogP contribution is 2.09. The average Bonchev–Trinajstić information content (AvgIpc) is 2.51. The summed E-state index contributed by atoms with van der Waals surface area (Å²) in [5.74, 6) is -0.223. The van der Waals surface area contributed by atoms with Gasteiger partial charge >= 0.3 is 5.69 Å². The number of para-hydroxylation sites is 1. The number of rotatable bonds is 6. The van der Waals surface area contributed by atoms with Crippen molar-refractivity contribution in [3.8, 4) is 0 Å². The van der Waals surface area contributed by atoms with Crippen LogP contribution in [0.5, 0.6) is 0 Å². The summed E-state index contributed by atoms with van der Waals surface area (Å²) in [7, 11) is 0. The summed E-state index contributed by atoms with van der Waals surface area (Å²) < 4.78 is 2.57. The van der Waals surface area contributed by atoms with Crippen molar-refractivity contribution < 1.29 is 4.79 Å². The molecule has 0 unspecified atom stereocenters. The molecule has 0 aliphatic heterocycles. The van der Waals surface area contributed by atoms with Gasteiger partial charge in [-0.2, -0.15) is 0 Å². The number of unbranched alkanes of at least 4 members (excludes halogenated alkanes) is 1. The Morgan fingerprint density at radius 2 is 1.91 bits per heavy atom. The molecule has 0 radical (unpaired) electrons. The Morgan fingerprint density at radius 1 is 1.22 bits per heavy atom. The summed E-state index contributed by atoms with van der Waals surface area (Å²) in [4.78, 5) is 37.2. The number of benzene rings is 1. The number of hydrogen-bond acceptors (Lipinski definition) is 3. The highest BCUT2D eigenvalue weighted by atomic mass is 16.2. The van der Waals surface area contributed by atoms with Gasteiger partial charge < -0.3 is 5.32 Å². The molecule has 2 rings (SSSR count). The Balaban J connectivity index is 2.52. The lowest BCUT2D eigenvalue weighted by Crippen LogP contribution is -2.43. The number of aromatic nitrogens is 2. The molecule has 6 heteroatoms. The van der Waals surface area contributed by atoms with E-state index in [-0.39, 0.29) is 24.1 Å². The zero-order valence-electron chi connectivity index (χ0n) is 13.8. The van der Waals surface area contributed by atoms with Crippen molar-refractivity contribution in [3.63, 3.8) is 0 Å². The van der Waals surface area contributed by atoms with E-state index in [0.717, 1.165) is 12.8 Å². The molecule has 0 bridgehead atoms. The van der Waals surface area contributed by atoms with Gasteiger partial charge in [-0.3, -0.25) is 18.7 Å². The lowest BCUT2D eigenvalue weighted by molar-refractivity contribution is -0.121. The van der Waals surface area contributed by atoms with Crippen molar-refractivity contribution in [1.82, 2.24) is 14.5 Å². The largest absolute Gasteiger partial charge is 0.355 e. The number of carbonyl (C=O) groups is 1. The minimum atomic E-state index is -0.450. The van der Waals surface area contributed by atoms with E-state index in [2.05, 4.69) is 5.32 Å². The predicted octanol–water partition coefficient (Wildman–Crippen LogP) is 1.66. The minimum Gasteiger partial charge on any atom is -0.355 e. The molecule has 1 amide bonds. The molecule has 0 spiro atoms. The van der Waals surface area contributed by atoms with Crippen LogP contribution in [-0.4, -0.2) is 21.6 Å². The first-order valence-electron chi connectivity index (χ1n) is 7.98. The molecule has 6 nitrogen and oxygen atoms in total. The van der Waals surface area contributed by atoms with E-state index in [9.17, 15) is 14.4 Å². The topological polar surface area (TPSA) is 73.1 Å². The van der Waals surface area contributed by atoms with Crippen LogP contribution >= 0.6 is 0 Å². The van der Waals surface area contributed by atoms with Crippen molar-refractivity contribution in [3.05, 3.63) is 45.1 Å². The van der Waals surface area contributed by atoms with Crippen LogP contribution in [0.3, 0.4) is 0 Å². The number of nitrogens with one attached hydrogen (secondary N) is 1. The molecular formula is C17H23N3O3. The molecule has 1 N–H and O–H groups in total. The molecule has 0 aliphatic carbocycles. The first kappa shape index (κ1) is 17.0. The summed E-state index contributed by atoms with van der Waals surface area (Å²) in [5.41, 5.74) is -0.275. The number of amides is 1. The Hall–Kier alpha value is -2.37. The fourth-order valence-corrected chi connectivity index (χ4v) is 2.55. The maximum absolute atomic E-state index is 12.7. The van der Waals surface area contributed by atoms with Gasteiger partial charge in [-0.05, 0) is 32.4 Å². The van der Waals surface area contributed by atoms with Gasteiger partial charge in [-0.1, -0.05) is 25.5 Å². The fourth-order valence-electron chi connectivity index (χ4n) is 2.55. The fraction of sp³-hybridized carbons (Fsp3) is 0.471. The van der Waals surface area contributed by atoms with Gasteiger partial charge in [-0.15, -0.1) is 0 Å². The quantitative estimate of drug-likeness (QED) is 0.824. The van der Waals surface area contributed by atoms with Gasteiger partial charge in [0, 0.05) is 12.6 Å². The highest BCUT2D eigenvalue weighted by molar-refractivity contribution is 5.81. The Labute approximate surface area is 134 Å². The summed E-state index contributed by atoms with van der Waals surface area (Å²) in [6.07, 6.45) is 1.88. The zero-order valence-corrected chi connectivity index (χ0v) is 13.8. The lowest BCUT2D eigenvalue weighted by Gasteiger charge is -2.16. The summed E-state index contributed by atoms with van der Waals surface area (Å²) in [6, 6.07) is 6.62. The molecule has 0 saturated carbocycles. The van der Waals surface area contributed by atoms with E-state index >= 15 is 0 Å². The first-order valence-corrected chi connectivity index (χ1v) is 7.98. The first-order chi connectivity index (χ1) is 11.0. The van der Waals surface area contributed by atoms with E-state index in [4.69, 9.17) is 0 Å². The second-order valence-electron chi connectivity index (χ2n) is 5.86. The summed E-state index contributed by atoms with van der Waals surface area (Å²) in [6.45, 7) is 6.11. The summed E-state index contributed by atoms with van der Waals surface area (Å²) in [5, 5.41) is 3.25. The zero-order chi connectivity index (χ0) is 17.0. The van der Waals surface area contributed by atoms with E-state index in [1.807, 2.05) is 6.92 Å². The third-order valence-electron chi connectivity index (χ3n) is 3.75. The number of fused-ring (bicyclic) bond motifs is 1. The van der Waals surface area contributed by atoms with Gasteiger partial charge in [0.2, 0.25) is 5.91 Å². The number of hydrogen-bond donors (Lipinski definition) is 1. The van der Waals surface area contributed by atoms with Crippen LogP contribution in [0, 0.1) is 0 Å². The predicted molar refractivity (Wildman–Crippen MR) is 90.8 cm³/mol. The maximum atomic E-state index is 12.7. The minimum absolute atomic E-state index is 0.0872. The van der Waals surface area contributed by atoms with Crippen LogP contribution in [0.4, 0.5) is 0 Å². The standard InChI is InChI=1S/C17H23N3O3/c1-4-5-10-18-15(21)11-19-14-9-7-6-8-13(14)16(22)20(12(2)3)17(19)23/h6-9,12H,4-5,10-11H2,1-3H3,(H,18,21). The van der Waals surface area contributed by atoms with Crippen molar-refractivity contribution in [1.29, 1.82) is 0 Å². The van der Waals surface area contributed by atoms with E-state index in [1.165, 1.54) is 9.13 Å². The molecule has 1 heterocycles. The SMILES string of the molecule is CCCCNC(=O)Cn1c(=O)n(C(C)C)c(=O)c2ccccc21. The Kier molecular flexibility index (Phi) is 5.36. The molecule has 0 aliphatic rings. The van der Waals surface area contributed by atoms with Crippen LogP contribution in [0.15, 0.2) is 33.9 Å². The smallest absolute Gasteiger partial charge is 0.332 e. The average molecular weight is 317 g/mol. The molecule has 2 aromatic rings. The summed E-state index contributed by atoms with van der Waals surface area (Å²) >= 11 is 0. The van der Waals surface area contributed by atoms with Crippen LogP contribution in [0.2, 0.25) is 0 Å². The Bertz CT molecular complexity index is 818. The second-order valence-corrected chi connectivity index (χ2v) is 5.86. The van der Waals surface area contributed by atoms with Crippen molar-refractivity contribution in [2.75, 3.05) is 6.54 Å². The second kappa shape index (κ2) is 7.26. The molecule has 23 heavy (non-hydrogen) atoms. The van der Waals surface area contributed by atoms with Gasteiger partial charge in [0.1, 0.15) is 6.54 Å². The number of nitrogens with zero attached hydrogens (tertiary/aromatic N) is 2. The lowest BCUT2D eigenvalue weighted by atomic mass is 10.2. The third kappa shape index (κ3) is 3.52. The molecule has 1 aromatic heterocycles. The van der Waals surface area contributed by atoms with Crippen LogP contribution in [0.25, 0.3) is 10.9 Å². The molecule has 0 atom stereocenters. The van der Waals surface area contributed by atoms with Crippen LogP contribution in [-0.2, 0) is 11.3 Å². The molecule has 0 saturated heterocycles. The van der Waals surface area contributed by atoms with Crippen molar-refractivity contribution in [2.24, 2.45) is 0 Å². The monoisotopic (exact) mass is 317 g/mol. The normalized spacial score (nSPS) is 11.1. The molecule has 124 valence electrons. The van der Waals surface area contributed by atoms with E-state index < -0.39 is 5.69 Å². The highest BCUT2D eigenvalue weighted by Gasteiger charge is 2.16. The van der Waals surface area contributed by atoms with Gasteiger partial charge in [0.05, 0.1) is 10.9 Å². The van der Waals surface area contributed by atoms with E-state index in [1.54, 1.807) is 38.1 Å². The van der Waals surface area contributed by atoms with Crippen LogP contribution in [0.1, 0.15) is 39.7 Å². The van der Waals surface area contributed by atoms with Crippen molar-refractivity contribution in [2.45, 2.75) is 46.2 Å².